The van der Waals surface area contributed by atoms with Crippen molar-refractivity contribution in [2.24, 2.45) is 0 Å². The summed E-state index contributed by atoms with van der Waals surface area (Å²) in [4.78, 5) is 9.39. The largest absolute Gasteiger partial charge is 0.423 e. The van der Waals surface area contributed by atoms with Gasteiger partial charge < -0.3 is 4.74 Å². The Morgan fingerprint density at radius 1 is 1.78 bits per heavy atom. The van der Waals surface area contributed by atoms with Crippen LogP contribution in [-0.4, -0.2) is 12.8 Å². The Hall–Kier alpha value is -0.600. The van der Waals surface area contributed by atoms with Crippen LogP contribution < -0.4 is 0 Å². The van der Waals surface area contributed by atoms with Gasteiger partial charge in [0.2, 0.25) is 6.36 Å². The lowest BCUT2D eigenvalue weighted by atomic mass is 10.2. The molecule has 0 amide bonds. The van der Waals surface area contributed by atoms with Crippen LogP contribution in [0.1, 0.15) is 26.2 Å². The minimum atomic E-state index is -1.46. The van der Waals surface area contributed by atoms with Crippen molar-refractivity contribution in [3.8, 4) is 0 Å². The van der Waals surface area contributed by atoms with E-state index in [-0.39, 0.29) is 6.42 Å². The van der Waals surface area contributed by atoms with E-state index in [1.165, 1.54) is 0 Å². The maximum Gasteiger partial charge on any atom is 0.420 e. The molecule has 1 radical (unpaired) electrons. The van der Waals surface area contributed by atoms with Crippen LogP contribution in [0.5, 0.6) is 0 Å². The summed E-state index contributed by atoms with van der Waals surface area (Å²) in [5.41, 5.74) is 0. The van der Waals surface area contributed by atoms with Gasteiger partial charge in [0.05, 0.1) is 0 Å². The highest BCUT2D eigenvalue weighted by Gasteiger charge is 2.03. The normalized spacial score (nSPS) is 12.7. The molecule has 0 saturated heterocycles. The number of ether oxygens (including phenoxy) is 1. The summed E-state index contributed by atoms with van der Waals surface area (Å²) in [6.45, 7) is 2.99. The van der Waals surface area contributed by atoms with Crippen molar-refractivity contribution in [3.05, 3.63) is 0 Å². The van der Waals surface area contributed by atoms with Gasteiger partial charge in [-0.25, -0.2) is 9.18 Å². The summed E-state index contributed by atoms with van der Waals surface area (Å²) in [7, 11) is 0. The highest BCUT2D eigenvalue weighted by atomic mass is 19.1. The van der Waals surface area contributed by atoms with E-state index < -0.39 is 6.36 Å². The lowest BCUT2D eigenvalue weighted by molar-refractivity contribution is 0.0422. The maximum atomic E-state index is 12.1. The van der Waals surface area contributed by atoms with Crippen molar-refractivity contribution in [1.82, 2.24) is 0 Å². The molecular weight excluding hydrogens is 123 g/mol. The van der Waals surface area contributed by atoms with Crippen LogP contribution in [0.25, 0.3) is 0 Å². The molecule has 0 aromatic heterocycles. The Bertz CT molecular complexity index is 75.5. The zero-order chi connectivity index (χ0) is 7.11. The summed E-state index contributed by atoms with van der Waals surface area (Å²) < 4.78 is 16.0. The van der Waals surface area contributed by atoms with Gasteiger partial charge in [-0.1, -0.05) is 13.3 Å². The van der Waals surface area contributed by atoms with Crippen molar-refractivity contribution in [3.63, 3.8) is 0 Å². The molecule has 0 fully saturated rings. The molecule has 3 heteroatoms. The Kier molecular flexibility index (Phi) is 5.17. The van der Waals surface area contributed by atoms with E-state index in [4.69, 9.17) is 0 Å². The van der Waals surface area contributed by atoms with Gasteiger partial charge in [0, 0.05) is 6.42 Å². The van der Waals surface area contributed by atoms with Crippen molar-refractivity contribution in [2.75, 3.05) is 0 Å². The Morgan fingerprint density at radius 3 is 2.89 bits per heavy atom. The van der Waals surface area contributed by atoms with Gasteiger partial charge in [0.25, 0.3) is 0 Å². The average molecular weight is 133 g/mol. The number of hydrogen-bond donors (Lipinski definition) is 0. The molecule has 1 unspecified atom stereocenters. The van der Waals surface area contributed by atoms with E-state index in [2.05, 4.69) is 4.74 Å². The predicted molar refractivity (Wildman–Crippen MR) is 31.2 cm³/mol. The van der Waals surface area contributed by atoms with Crippen LogP contribution in [-0.2, 0) is 9.53 Å². The first kappa shape index (κ1) is 8.40. The quantitative estimate of drug-likeness (QED) is 0.568. The van der Waals surface area contributed by atoms with E-state index >= 15 is 0 Å². The number of rotatable bonds is 5. The standard InChI is InChI=1S/C6H10FO2/c1-2-3-4-6(7)9-5-8/h6H,2-4H2,1H3. The molecule has 0 spiro atoms. The molecule has 0 aromatic rings. The van der Waals surface area contributed by atoms with Crippen molar-refractivity contribution in [2.45, 2.75) is 32.5 Å². The average Bonchev–Trinajstić information content (AvgIpc) is 1.85. The molecule has 1 atom stereocenters. The summed E-state index contributed by atoms with van der Waals surface area (Å²) in [5.74, 6) is 0. The van der Waals surface area contributed by atoms with E-state index in [1.54, 1.807) is 0 Å². The number of alkyl halides is 1. The fourth-order valence-corrected chi connectivity index (χ4v) is 0.476. The second-order valence-corrected chi connectivity index (χ2v) is 1.75. The highest BCUT2D eigenvalue weighted by Crippen LogP contribution is 2.03. The molecule has 9 heavy (non-hydrogen) atoms. The Labute approximate surface area is 54.0 Å². The van der Waals surface area contributed by atoms with Crippen LogP contribution in [0, 0.1) is 0 Å². The second-order valence-electron chi connectivity index (χ2n) is 1.75. The first-order valence-electron chi connectivity index (χ1n) is 2.98. The molecule has 0 N–H and O–H groups in total. The van der Waals surface area contributed by atoms with Gasteiger partial charge in [0.15, 0.2) is 0 Å². The van der Waals surface area contributed by atoms with Crippen LogP contribution in [0.15, 0.2) is 0 Å². The Morgan fingerprint density at radius 2 is 2.44 bits per heavy atom. The zero-order valence-corrected chi connectivity index (χ0v) is 5.39. The zero-order valence-electron chi connectivity index (χ0n) is 5.39. The second kappa shape index (κ2) is 5.54. The SMILES string of the molecule is CCCCC(F)O[C]=O. The summed E-state index contributed by atoms with van der Waals surface area (Å²) in [6.07, 6.45) is 0.472. The van der Waals surface area contributed by atoms with Crippen LogP contribution in [0.2, 0.25) is 0 Å². The molecule has 0 aliphatic rings. The molecule has 0 aromatic carbocycles. The number of halogens is 1. The third-order valence-corrected chi connectivity index (χ3v) is 0.961. The fraction of sp³-hybridized carbons (Fsp3) is 0.833. The van der Waals surface area contributed by atoms with Gasteiger partial charge in [0.1, 0.15) is 0 Å². The smallest absolute Gasteiger partial charge is 0.420 e. The van der Waals surface area contributed by atoms with Crippen molar-refractivity contribution in [1.29, 1.82) is 0 Å². The molecule has 0 saturated carbocycles. The predicted octanol–water partition coefficient (Wildman–Crippen LogP) is 1.56. The summed E-state index contributed by atoms with van der Waals surface area (Å²) in [6, 6.07) is 0. The third kappa shape index (κ3) is 5.27. The number of unbranched alkanes of at least 4 members (excludes halogenated alkanes) is 1. The van der Waals surface area contributed by atoms with E-state index in [9.17, 15) is 9.18 Å². The number of hydrogen-bond acceptors (Lipinski definition) is 2. The van der Waals surface area contributed by atoms with Crippen LogP contribution in [0.4, 0.5) is 4.39 Å². The maximum absolute atomic E-state index is 12.1. The first-order valence-corrected chi connectivity index (χ1v) is 2.98. The van der Waals surface area contributed by atoms with Gasteiger partial charge in [-0.2, -0.15) is 0 Å². The lowest BCUT2D eigenvalue weighted by Gasteiger charge is -2.01. The molecule has 0 rings (SSSR count). The molecule has 0 bridgehead atoms. The first-order chi connectivity index (χ1) is 4.31. The van der Waals surface area contributed by atoms with Gasteiger partial charge in [-0.05, 0) is 6.42 Å². The minimum absolute atomic E-state index is 0.283. The van der Waals surface area contributed by atoms with Crippen LogP contribution >= 0.6 is 0 Å². The van der Waals surface area contributed by atoms with Gasteiger partial charge >= 0.3 is 6.47 Å². The lowest BCUT2D eigenvalue weighted by Crippen LogP contribution is -2.03. The summed E-state index contributed by atoms with van der Waals surface area (Å²) in [5, 5.41) is 0. The Balaban J connectivity index is 3.04. The highest BCUT2D eigenvalue weighted by molar-refractivity contribution is 5.38. The molecule has 2 nitrogen and oxygen atoms in total. The monoisotopic (exact) mass is 133 g/mol. The fourth-order valence-electron chi connectivity index (χ4n) is 0.476. The molecule has 53 valence electrons. The minimum Gasteiger partial charge on any atom is -0.423 e. The molecule has 0 heterocycles. The molecule has 0 aliphatic carbocycles. The van der Waals surface area contributed by atoms with Crippen LogP contribution in [0.3, 0.4) is 0 Å². The topological polar surface area (TPSA) is 26.3 Å². The van der Waals surface area contributed by atoms with E-state index in [0.717, 1.165) is 19.3 Å². The summed E-state index contributed by atoms with van der Waals surface area (Å²) >= 11 is 0. The van der Waals surface area contributed by atoms with E-state index in [0.29, 0.717) is 0 Å². The third-order valence-electron chi connectivity index (χ3n) is 0.961. The van der Waals surface area contributed by atoms with Crippen molar-refractivity contribution >= 4 is 6.47 Å². The molecule has 0 aliphatic heterocycles. The number of carbonyl (C=O) groups excluding carboxylic acids is 1. The molecular formula is C6H10FO2. The van der Waals surface area contributed by atoms with Crippen molar-refractivity contribution < 1.29 is 13.9 Å². The van der Waals surface area contributed by atoms with Gasteiger partial charge in [-0.3, -0.25) is 0 Å². The van der Waals surface area contributed by atoms with E-state index in [1.807, 2.05) is 6.92 Å². The van der Waals surface area contributed by atoms with Gasteiger partial charge in [-0.15, -0.1) is 0 Å².